The summed E-state index contributed by atoms with van der Waals surface area (Å²) in [4.78, 5) is 23.4. The Labute approximate surface area is 126 Å². The number of carbonyl (C=O) groups excluding carboxylic acids is 2. The summed E-state index contributed by atoms with van der Waals surface area (Å²) in [5.41, 5.74) is 0.208. The fourth-order valence-electron chi connectivity index (χ4n) is 2.55. The lowest BCUT2D eigenvalue weighted by atomic mass is 9.89. The van der Waals surface area contributed by atoms with Gasteiger partial charge < -0.3 is 10.4 Å². The lowest BCUT2D eigenvalue weighted by Gasteiger charge is -2.26. The van der Waals surface area contributed by atoms with Crippen molar-refractivity contribution in [2.75, 3.05) is 5.32 Å². The highest BCUT2D eigenvalue weighted by Crippen LogP contribution is 2.24. The molecule has 0 saturated heterocycles. The number of amides is 1. The first-order chi connectivity index (χ1) is 9.90. The van der Waals surface area contributed by atoms with Gasteiger partial charge in [0.05, 0.1) is 12.0 Å². The van der Waals surface area contributed by atoms with Crippen LogP contribution in [0.15, 0.2) is 24.3 Å². The van der Waals surface area contributed by atoms with E-state index in [0.717, 1.165) is 12.8 Å². The van der Waals surface area contributed by atoms with E-state index in [9.17, 15) is 14.7 Å². The second kappa shape index (κ2) is 7.93. The summed E-state index contributed by atoms with van der Waals surface area (Å²) >= 11 is 0. The molecular weight excluding hydrogens is 266 g/mol. The minimum Gasteiger partial charge on any atom is -0.389 e. The summed E-state index contributed by atoms with van der Waals surface area (Å²) in [7, 11) is 0. The normalized spacial score (nSPS) is 11.2. The summed E-state index contributed by atoms with van der Waals surface area (Å²) in [6.45, 7) is 5.48. The van der Waals surface area contributed by atoms with Crippen LogP contribution >= 0.6 is 0 Å². The average Bonchev–Trinajstić information content (AvgIpc) is 2.38. The van der Waals surface area contributed by atoms with Crippen molar-refractivity contribution in [3.05, 3.63) is 29.8 Å². The monoisotopic (exact) mass is 291 g/mol. The molecule has 2 N–H and O–H groups in total. The van der Waals surface area contributed by atoms with Gasteiger partial charge >= 0.3 is 0 Å². The fourth-order valence-corrected chi connectivity index (χ4v) is 2.55. The smallest absolute Gasteiger partial charge is 0.227 e. The standard InChI is InChI=1S/C17H25NO3/c1-4-9-17(21,10-5-2)12-16(20)18-15-8-6-7-14(11-15)13(3)19/h6-8,11,21H,4-5,9-10,12H2,1-3H3,(H,18,20). The molecule has 21 heavy (non-hydrogen) atoms. The average molecular weight is 291 g/mol. The molecule has 0 spiro atoms. The minimum atomic E-state index is -0.939. The third kappa shape index (κ3) is 5.68. The highest BCUT2D eigenvalue weighted by atomic mass is 16.3. The van der Waals surface area contributed by atoms with Gasteiger partial charge in [-0.2, -0.15) is 0 Å². The molecule has 4 nitrogen and oxygen atoms in total. The number of Topliss-reactive ketones (excluding diaryl/α,β-unsaturated/α-hetero) is 1. The molecule has 1 aromatic carbocycles. The maximum atomic E-state index is 12.1. The van der Waals surface area contributed by atoms with E-state index in [-0.39, 0.29) is 18.1 Å². The molecule has 0 fully saturated rings. The van der Waals surface area contributed by atoms with Crippen LogP contribution in [0.3, 0.4) is 0 Å². The zero-order valence-electron chi connectivity index (χ0n) is 13.1. The van der Waals surface area contributed by atoms with E-state index in [0.29, 0.717) is 24.1 Å². The summed E-state index contributed by atoms with van der Waals surface area (Å²) in [6.07, 6.45) is 2.98. The molecular formula is C17H25NO3. The number of anilines is 1. The molecule has 0 saturated carbocycles. The molecule has 4 heteroatoms. The van der Waals surface area contributed by atoms with Gasteiger partial charge in [0.1, 0.15) is 0 Å². The van der Waals surface area contributed by atoms with Crippen LogP contribution in [0.5, 0.6) is 0 Å². The van der Waals surface area contributed by atoms with E-state index in [4.69, 9.17) is 0 Å². The number of hydrogen-bond acceptors (Lipinski definition) is 3. The molecule has 0 atom stereocenters. The Morgan fingerprint density at radius 2 is 1.81 bits per heavy atom. The number of nitrogens with one attached hydrogen (secondary N) is 1. The van der Waals surface area contributed by atoms with E-state index in [1.165, 1.54) is 6.92 Å². The number of aliphatic hydroxyl groups is 1. The van der Waals surface area contributed by atoms with Crippen LogP contribution in [0.4, 0.5) is 5.69 Å². The maximum Gasteiger partial charge on any atom is 0.227 e. The molecule has 0 aliphatic rings. The van der Waals surface area contributed by atoms with E-state index < -0.39 is 5.60 Å². The highest BCUT2D eigenvalue weighted by Gasteiger charge is 2.28. The maximum absolute atomic E-state index is 12.1. The molecule has 0 aromatic heterocycles. The van der Waals surface area contributed by atoms with Crippen LogP contribution in [-0.4, -0.2) is 22.4 Å². The summed E-state index contributed by atoms with van der Waals surface area (Å²) < 4.78 is 0. The van der Waals surface area contributed by atoms with E-state index in [1.54, 1.807) is 24.3 Å². The molecule has 1 rings (SSSR count). The van der Waals surface area contributed by atoms with Gasteiger partial charge in [0, 0.05) is 11.3 Å². The third-order valence-corrected chi connectivity index (χ3v) is 3.47. The molecule has 0 aliphatic heterocycles. The molecule has 0 heterocycles. The lowest BCUT2D eigenvalue weighted by molar-refractivity contribution is -0.121. The lowest BCUT2D eigenvalue weighted by Crippen LogP contribution is -2.33. The topological polar surface area (TPSA) is 66.4 Å². The van der Waals surface area contributed by atoms with Gasteiger partial charge in [-0.1, -0.05) is 38.8 Å². The van der Waals surface area contributed by atoms with Crippen molar-refractivity contribution in [3.63, 3.8) is 0 Å². The summed E-state index contributed by atoms with van der Waals surface area (Å²) in [5.74, 6) is -0.264. The first-order valence-electron chi connectivity index (χ1n) is 7.53. The van der Waals surface area contributed by atoms with Crippen LogP contribution in [0.1, 0.15) is 63.2 Å². The van der Waals surface area contributed by atoms with Crippen LogP contribution in [0, 0.1) is 0 Å². The predicted molar refractivity (Wildman–Crippen MR) is 84.5 cm³/mol. The Balaban J connectivity index is 2.72. The van der Waals surface area contributed by atoms with Crippen molar-refractivity contribution >= 4 is 17.4 Å². The second-order valence-corrected chi connectivity index (χ2v) is 5.59. The first kappa shape index (κ1) is 17.4. The molecule has 116 valence electrons. The molecule has 0 bridgehead atoms. The number of rotatable bonds is 8. The SMILES string of the molecule is CCCC(O)(CCC)CC(=O)Nc1cccc(C(C)=O)c1. The molecule has 1 amide bonds. The molecule has 0 unspecified atom stereocenters. The number of hydrogen-bond donors (Lipinski definition) is 2. The van der Waals surface area contributed by atoms with E-state index in [1.807, 2.05) is 13.8 Å². The van der Waals surface area contributed by atoms with Gasteiger partial charge in [0.25, 0.3) is 0 Å². The van der Waals surface area contributed by atoms with Crippen molar-refractivity contribution in [1.82, 2.24) is 0 Å². The fraction of sp³-hybridized carbons (Fsp3) is 0.529. The predicted octanol–water partition coefficient (Wildman–Crippen LogP) is 3.55. The Morgan fingerprint density at radius 1 is 1.19 bits per heavy atom. The summed E-state index contributed by atoms with van der Waals surface area (Å²) in [5, 5.41) is 13.2. The third-order valence-electron chi connectivity index (χ3n) is 3.47. The Bertz CT molecular complexity index is 491. The van der Waals surface area contributed by atoms with Crippen molar-refractivity contribution in [1.29, 1.82) is 0 Å². The van der Waals surface area contributed by atoms with Gasteiger partial charge in [0.15, 0.2) is 5.78 Å². The minimum absolute atomic E-state index is 0.0421. The van der Waals surface area contributed by atoms with E-state index in [2.05, 4.69) is 5.32 Å². The van der Waals surface area contributed by atoms with Crippen LogP contribution in [0.2, 0.25) is 0 Å². The Hall–Kier alpha value is -1.68. The molecule has 0 radical (unpaired) electrons. The Morgan fingerprint density at radius 3 is 2.33 bits per heavy atom. The van der Waals surface area contributed by atoms with Gasteiger partial charge in [-0.25, -0.2) is 0 Å². The van der Waals surface area contributed by atoms with Crippen molar-refractivity contribution in [3.8, 4) is 0 Å². The van der Waals surface area contributed by atoms with Crippen molar-refractivity contribution < 1.29 is 14.7 Å². The number of carbonyl (C=O) groups is 2. The molecule has 0 aliphatic carbocycles. The first-order valence-corrected chi connectivity index (χ1v) is 7.53. The van der Waals surface area contributed by atoms with Crippen molar-refractivity contribution in [2.24, 2.45) is 0 Å². The number of ketones is 1. The van der Waals surface area contributed by atoms with Gasteiger partial charge in [0.2, 0.25) is 5.91 Å². The van der Waals surface area contributed by atoms with Crippen molar-refractivity contribution in [2.45, 2.75) is 58.5 Å². The van der Waals surface area contributed by atoms with Gasteiger partial charge in [-0.05, 0) is 31.9 Å². The largest absolute Gasteiger partial charge is 0.389 e. The summed E-state index contributed by atoms with van der Waals surface area (Å²) in [6, 6.07) is 6.83. The van der Waals surface area contributed by atoms with Crippen LogP contribution in [0.25, 0.3) is 0 Å². The highest BCUT2D eigenvalue weighted by molar-refractivity contribution is 5.97. The zero-order chi connectivity index (χ0) is 15.9. The van der Waals surface area contributed by atoms with Gasteiger partial charge in [-0.15, -0.1) is 0 Å². The number of benzene rings is 1. The quantitative estimate of drug-likeness (QED) is 0.720. The Kier molecular flexibility index (Phi) is 6.56. The van der Waals surface area contributed by atoms with Crippen LogP contribution < -0.4 is 5.32 Å². The zero-order valence-corrected chi connectivity index (χ0v) is 13.1. The second-order valence-electron chi connectivity index (χ2n) is 5.59. The molecule has 1 aromatic rings. The van der Waals surface area contributed by atoms with E-state index >= 15 is 0 Å². The van der Waals surface area contributed by atoms with Crippen LogP contribution in [-0.2, 0) is 4.79 Å². The van der Waals surface area contributed by atoms with Gasteiger partial charge in [-0.3, -0.25) is 9.59 Å².